The Labute approximate surface area is 156 Å². The molecule has 0 saturated carbocycles. The Morgan fingerprint density at radius 1 is 0.920 bits per heavy atom. The first-order valence-electron chi connectivity index (χ1n) is 8.18. The largest absolute Gasteiger partial charge is 0.366 e. The van der Waals surface area contributed by atoms with E-state index in [9.17, 15) is 0 Å². The van der Waals surface area contributed by atoms with Gasteiger partial charge in [-0.3, -0.25) is 0 Å². The standard InChI is InChI=1S/C20H21BrN4/c1-13-6-4-5-7-16(13)12-22-19-11-15(3)23-20(25-19)24-18-9-8-17(21)10-14(18)2/h4-11H,12H2,1-3H3,(H2,22,23,24,25). The van der Waals surface area contributed by atoms with Crippen LogP contribution in [0.1, 0.15) is 22.4 Å². The highest BCUT2D eigenvalue weighted by Gasteiger charge is 2.06. The molecule has 5 heteroatoms. The van der Waals surface area contributed by atoms with E-state index >= 15 is 0 Å². The van der Waals surface area contributed by atoms with Gasteiger partial charge in [-0.15, -0.1) is 0 Å². The van der Waals surface area contributed by atoms with Gasteiger partial charge in [-0.25, -0.2) is 4.98 Å². The van der Waals surface area contributed by atoms with Crippen molar-refractivity contribution in [2.75, 3.05) is 10.6 Å². The summed E-state index contributed by atoms with van der Waals surface area (Å²) < 4.78 is 1.06. The van der Waals surface area contributed by atoms with Crippen LogP contribution in [0, 0.1) is 20.8 Å². The van der Waals surface area contributed by atoms with E-state index in [0.717, 1.165) is 33.8 Å². The molecule has 128 valence electrons. The van der Waals surface area contributed by atoms with Gasteiger partial charge in [-0.2, -0.15) is 4.98 Å². The van der Waals surface area contributed by atoms with Crippen molar-refractivity contribution < 1.29 is 0 Å². The number of halogens is 1. The molecule has 0 radical (unpaired) electrons. The zero-order chi connectivity index (χ0) is 17.8. The lowest BCUT2D eigenvalue weighted by atomic mass is 10.1. The smallest absolute Gasteiger partial charge is 0.229 e. The molecule has 0 aliphatic rings. The van der Waals surface area contributed by atoms with E-state index in [1.54, 1.807) is 0 Å². The van der Waals surface area contributed by atoms with Gasteiger partial charge in [0.1, 0.15) is 5.82 Å². The van der Waals surface area contributed by atoms with Crippen LogP contribution in [-0.4, -0.2) is 9.97 Å². The van der Waals surface area contributed by atoms with Crippen LogP contribution in [0.3, 0.4) is 0 Å². The van der Waals surface area contributed by atoms with E-state index in [0.29, 0.717) is 5.95 Å². The Morgan fingerprint density at radius 3 is 2.48 bits per heavy atom. The molecule has 25 heavy (non-hydrogen) atoms. The summed E-state index contributed by atoms with van der Waals surface area (Å²) in [6, 6.07) is 16.4. The summed E-state index contributed by atoms with van der Waals surface area (Å²) in [4.78, 5) is 9.08. The van der Waals surface area contributed by atoms with Gasteiger partial charge in [0.2, 0.25) is 5.95 Å². The third-order valence-electron chi connectivity index (χ3n) is 4.01. The molecule has 1 heterocycles. The molecule has 2 aromatic carbocycles. The maximum atomic E-state index is 4.59. The SMILES string of the molecule is Cc1cc(NCc2ccccc2C)nc(Nc2ccc(Br)cc2C)n1. The number of nitrogens with zero attached hydrogens (tertiary/aromatic N) is 2. The maximum Gasteiger partial charge on any atom is 0.229 e. The first-order valence-corrected chi connectivity index (χ1v) is 8.98. The molecule has 0 atom stereocenters. The van der Waals surface area contributed by atoms with Crippen LogP contribution < -0.4 is 10.6 Å². The Morgan fingerprint density at radius 2 is 1.72 bits per heavy atom. The van der Waals surface area contributed by atoms with Crippen molar-refractivity contribution in [3.05, 3.63) is 75.4 Å². The molecule has 4 nitrogen and oxygen atoms in total. The minimum atomic E-state index is 0.595. The number of benzene rings is 2. The quantitative estimate of drug-likeness (QED) is 0.595. The number of hydrogen-bond donors (Lipinski definition) is 2. The van der Waals surface area contributed by atoms with Gasteiger partial charge in [-0.1, -0.05) is 40.2 Å². The van der Waals surface area contributed by atoms with Gasteiger partial charge in [0.25, 0.3) is 0 Å². The van der Waals surface area contributed by atoms with Crippen molar-refractivity contribution in [3.8, 4) is 0 Å². The molecule has 0 saturated heterocycles. The minimum absolute atomic E-state index is 0.595. The van der Waals surface area contributed by atoms with Crippen molar-refractivity contribution in [1.82, 2.24) is 9.97 Å². The number of rotatable bonds is 5. The minimum Gasteiger partial charge on any atom is -0.366 e. The highest BCUT2D eigenvalue weighted by Crippen LogP contribution is 2.23. The summed E-state index contributed by atoms with van der Waals surface area (Å²) in [5.74, 6) is 1.41. The van der Waals surface area contributed by atoms with Gasteiger partial charge in [0, 0.05) is 28.5 Å². The molecule has 0 spiro atoms. The lowest BCUT2D eigenvalue weighted by Gasteiger charge is -2.12. The Hall–Kier alpha value is -2.40. The summed E-state index contributed by atoms with van der Waals surface area (Å²) in [6.45, 7) is 6.88. The molecule has 3 aromatic rings. The zero-order valence-electron chi connectivity index (χ0n) is 14.6. The van der Waals surface area contributed by atoms with Crippen molar-refractivity contribution in [2.45, 2.75) is 27.3 Å². The molecular weight excluding hydrogens is 376 g/mol. The molecule has 0 aliphatic carbocycles. The summed E-state index contributed by atoms with van der Waals surface area (Å²) in [7, 11) is 0. The molecule has 0 amide bonds. The van der Waals surface area contributed by atoms with Crippen molar-refractivity contribution in [2.24, 2.45) is 0 Å². The maximum absolute atomic E-state index is 4.59. The monoisotopic (exact) mass is 396 g/mol. The number of aryl methyl sites for hydroxylation is 3. The van der Waals surface area contributed by atoms with Gasteiger partial charge < -0.3 is 10.6 Å². The second-order valence-corrected chi connectivity index (χ2v) is 7.00. The molecule has 3 rings (SSSR count). The predicted octanol–water partition coefficient (Wildman–Crippen LogP) is 5.52. The highest BCUT2D eigenvalue weighted by molar-refractivity contribution is 9.10. The lowest BCUT2D eigenvalue weighted by Crippen LogP contribution is -2.06. The fraction of sp³-hybridized carbons (Fsp3) is 0.200. The van der Waals surface area contributed by atoms with Gasteiger partial charge in [0.05, 0.1) is 0 Å². The molecule has 0 aliphatic heterocycles. The average molecular weight is 397 g/mol. The second-order valence-electron chi connectivity index (χ2n) is 6.08. The Kier molecular flexibility index (Phi) is 5.34. The molecule has 0 fully saturated rings. The first kappa shape index (κ1) is 17.4. The molecule has 0 bridgehead atoms. The Bertz CT molecular complexity index is 893. The van der Waals surface area contributed by atoms with Crippen LogP contribution in [0.4, 0.5) is 17.5 Å². The topological polar surface area (TPSA) is 49.8 Å². The van der Waals surface area contributed by atoms with Crippen LogP contribution in [-0.2, 0) is 6.54 Å². The second kappa shape index (κ2) is 7.66. The number of hydrogen-bond acceptors (Lipinski definition) is 4. The number of aromatic nitrogens is 2. The number of anilines is 3. The number of nitrogens with one attached hydrogen (secondary N) is 2. The van der Waals surface area contributed by atoms with Gasteiger partial charge in [-0.05, 0) is 55.7 Å². The summed E-state index contributed by atoms with van der Waals surface area (Å²) in [5.41, 5.74) is 5.58. The average Bonchev–Trinajstić information content (AvgIpc) is 2.56. The highest BCUT2D eigenvalue weighted by atomic mass is 79.9. The Balaban J connectivity index is 1.77. The third-order valence-corrected chi connectivity index (χ3v) is 4.50. The van der Waals surface area contributed by atoms with E-state index < -0.39 is 0 Å². The lowest BCUT2D eigenvalue weighted by molar-refractivity contribution is 1.05. The molecule has 1 aromatic heterocycles. The van der Waals surface area contributed by atoms with Crippen LogP contribution >= 0.6 is 15.9 Å². The fourth-order valence-electron chi connectivity index (χ4n) is 2.60. The van der Waals surface area contributed by atoms with Crippen molar-refractivity contribution in [1.29, 1.82) is 0 Å². The van der Waals surface area contributed by atoms with Crippen LogP contribution in [0.15, 0.2) is 53.0 Å². The molecule has 2 N–H and O–H groups in total. The van der Waals surface area contributed by atoms with E-state index in [4.69, 9.17) is 0 Å². The normalized spacial score (nSPS) is 10.6. The van der Waals surface area contributed by atoms with Crippen molar-refractivity contribution >= 4 is 33.4 Å². The summed E-state index contributed by atoms with van der Waals surface area (Å²) in [5, 5.41) is 6.70. The van der Waals surface area contributed by atoms with E-state index in [1.807, 2.05) is 25.1 Å². The third kappa shape index (κ3) is 4.57. The zero-order valence-corrected chi connectivity index (χ0v) is 16.2. The molecular formula is C20H21BrN4. The predicted molar refractivity (Wildman–Crippen MR) is 107 cm³/mol. The van der Waals surface area contributed by atoms with Crippen LogP contribution in [0.5, 0.6) is 0 Å². The van der Waals surface area contributed by atoms with Gasteiger partial charge in [0.15, 0.2) is 0 Å². The van der Waals surface area contributed by atoms with Gasteiger partial charge >= 0.3 is 0 Å². The fourth-order valence-corrected chi connectivity index (χ4v) is 3.07. The van der Waals surface area contributed by atoms with E-state index in [2.05, 4.69) is 80.7 Å². The van der Waals surface area contributed by atoms with E-state index in [-0.39, 0.29) is 0 Å². The summed E-state index contributed by atoms with van der Waals surface area (Å²) in [6.07, 6.45) is 0. The van der Waals surface area contributed by atoms with Crippen molar-refractivity contribution in [3.63, 3.8) is 0 Å². The van der Waals surface area contributed by atoms with Crippen LogP contribution in [0.25, 0.3) is 0 Å². The summed E-state index contributed by atoms with van der Waals surface area (Å²) >= 11 is 3.48. The van der Waals surface area contributed by atoms with Crippen LogP contribution in [0.2, 0.25) is 0 Å². The van der Waals surface area contributed by atoms with E-state index in [1.165, 1.54) is 11.1 Å². The first-order chi connectivity index (χ1) is 12.0. The molecule has 0 unspecified atom stereocenters.